The monoisotopic (exact) mass is 308 g/mol. The van der Waals surface area contributed by atoms with Crippen LogP contribution < -0.4 is 11.1 Å². The first-order chi connectivity index (χ1) is 8.69. The van der Waals surface area contributed by atoms with E-state index in [4.69, 9.17) is 5.73 Å². The van der Waals surface area contributed by atoms with Crippen LogP contribution in [-0.2, 0) is 0 Å². The summed E-state index contributed by atoms with van der Waals surface area (Å²) in [6.45, 7) is 0.437. The second kappa shape index (κ2) is 5.98. The van der Waals surface area contributed by atoms with Crippen molar-refractivity contribution >= 4 is 21.6 Å². The summed E-state index contributed by atoms with van der Waals surface area (Å²) in [5.41, 5.74) is 7.56. The van der Waals surface area contributed by atoms with E-state index in [1.807, 2.05) is 30.3 Å². The molecule has 0 amide bonds. The lowest BCUT2D eigenvalue weighted by Gasteiger charge is -2.19. The molecule has 1 unspecified atom stereocenters. The predicted octanol–water partition coefficient (Wildman–Crippen LogP) is 3.70. The van der Waals surface area contributed by atoms with Gasteiger partial charge in [0.15, 0.2) is 0 Å². The van der Waals surface area contributed by atoms with Crippen molar-refractivity contribution in [3.05, 3.63) is 64.4 Å². The van der Waals surface area contributed by atoms with Gasteiger partial charge >= 0.3 is 0 Å². The third-order valence-electron chi connectivity index (χ3n) is 2.65. The van der Waals surface area contributed by atoms with Crippen molar-refractivity contribution in [1.82, 2.24) is 0 Å². The van der Waals surface area contributed by atoms with Crippen LogP contribution in [0.3, 0.4) is 0 Å². The van der Waals surface area contributed by atoms with Crippen LogP contribution in [0.15, 0.2) is 53.0 Å². The maximum Gasteiger partial charge on any atom is 0.125 e. The lowest BCUT2D eigenvalue weighted by atomic mass is 10.1. The quantitative estimate of drug-likeness (QED) is 0.904. The Bertz CT molecular complexity index is 531. The van der Waals surface area contributed by atoms with Gasteiger partial charge in [0.1, 0.15) is 5.82 Å². The number of rotatable bonds is 4. The lowest BCUT2D eigenvalue weighted by molar-refractivity contribution is 0.627. The molecule has 0 saturated heterocycles. The number of nitrogens with two attached hydrogens (primary N) is 1. The number of halogens is 2. The van der Waals surface area contributed by atoms with Gasteiger partial charge in [0, 0.05) is 16.7 Å². The Hall–Kier alpha value is -1.39. The van der Waals surface area contributed by atoms with Crippen LogP contribution in [-0.4, -0.2) is 6.54 Å². The molecule has 2 aromatic carbocycles. The summed E-state index contributed by atoms with van der Waals surface area (Å²) in [5, 5.41) is 3.23. The first-order valence-corrected chi connectivity index (χ1v) is 6.46. The second-order valence-electron chi connectivity index (χ2n) is 4.00. The van der Waals surface area contributed by atoms with Crippen LogP contribution in [0.1, 0.15) is 11.6 Å². The van der Waals surface area contributed by atoms with Gasteiger partial charge in [0.2, 0.25) is 0 Å². The molecule has 2 aromatic rings. The highest BCUT2D eigenvalue weighted by Crippen LogP contribution is 2.22. The van der Waals surface area contributed by atoms with Gasteiger partial charge in [-0.3, -0.25) is 0 Å². The Kier molecular flexibility index (Phi) is 4.33. The topological polar surface area (TPSA) is 38.0 Å². The van der Waals surface area contributed by atoms with Crippen molar-refractivity contribution in [3.8, 4) is 0 Å². The van der Waals surface area contributed by atoms with Crippen LogP contribution >= 0.6 is 15.9 Å². The minimum absolute atomic E-state index is 0.0377. The van der Waals surface area contributed by atoms with Crippen LogP contribution in [0, 0.1) is 5.82 Å². The van der Waals surface area contributed by atoms with Crippen molar-refractivity contribution in [2.45, 2.75) is 6.04 Å². The largest absolute Gasteiger partial charge is 0.377 e. The zero-order valence-corrected chi connectivity index (χ0v) is 11.3. The van der Waals surface area contributed by atoms with Crippen molar-refractivity contribution in [2.24, 2.45) is 5.73 Å². The zero-order valence-electron chi connectivity index (χ0n) is 9.74. The van der Waals surface area contributed by atoms with E-state index in [0.717, 1.165) is 15.7 Å². The molecule has 0 aromatic heterocycles. The third-order valence-corrected chi connectivity index (χ3v) is 3.15. The van der Waals surface area contributed by atoms with Gasteiger partial charge in [0.05, 0.1) is 6.04 Å². The molecule has 1 atom stereocenters. The average molecular weight is 309 g/mol. The van der Waals surface area contributed by atoms with Crippen LogP contribution in [0.25, 0.3) is 0 Å². The predicted molar refractivity (Wildman–Crippen MR) is 76.0 cm³/mol. The van der Waals surface area contributed by atoms with Crippen molar-refractivity contribution < 1.29 is 4.39 Å². The molecule has 0 aliphatic rings. The molecular formula is C14H14BrFN2. The van der Waals surface area contributed by atoms with E-state index in [2.05, 4.69) is 21.2 Å². The SMILES string of the molecule is NCC(Nc1cccc(F)c1)c1cccc(Br)c1. The first-order valence-electron chi connectivity index (χ1n) is 5.66. The van der Waals surface area contributed by atoms with E-state index in [1.165, 1.54) is 12.1 Å². The van der Waals surface area contributed by atoms with E-state index >= 15 is 0 Å². The maximum absolute atomic E-state index is 13.1. The van der Waals surface area contributed by atoms with Gasteiger partial charge in [-0.25, -0.2) is 4.39 Å². The maximum atomic E-state index is 13.1. The summed E-state index contributed by atoms with van der Waals surface area (Å²) in [6, 6.07) is 14.2. The molecule has 0 heterocycles. The van der Waals surface area contributed by atoms with E-state index < -0.39 is 0 Å². The number of hydrogen-bond acceptors (Lipinski definition) is 2. The smallest absolute Gasteiger partial charge is 0.125 e. The second-order valence-corrected chi connectivity index (χ2v) is 4.91. The van der Waals surface area contributed by atoms with Gasteiger partial charge in [0.25, 0.3) is 0 Å². The fourth-order valence-electron chi connectivity index (χ4n) is 1.78. The molecule has 4 heteroatoms. The third kappa shape index (κ3) is 3.31. The highest BCUT2D eigenvalue weighted by atomic mass is 79.9. The fraction of sp³-hybridized carbons (Fsp3) is 0.143. The molecule has 0 aliphatic carbocycles. The zero-order chi connectivity index (χ0) is 13.0. The summed E-state index contributed by atoms with van der Waals surface area (Å²) < 4.78 is 14.1. The fourth-order valence-corrected chi connectivity index (χ4v) is 2.20. The molecule has 0 radical (unpaired) electrons. The Morgan fingerprint density at radius 2 is 1.94 bits per heavy atom. The summed E-state index contributed by atoms with van der Waals surface area (Å²) in [6.07, 6.45) is 0. The lowest BCUT2D eigenvalue weighted by Crippen LogP contribution is -2.20. The minimum atomic E-state index is -0.259. The summed E-state index contributed by atoms with van der Waals surface area (Å²) in [5.74, 6) is -0.259. The van der Waals surface area contributed by atoms with Crippen LogP contribution in [0.5, 0.6) is 0 Å². The van der Waals surface area contributed by atoms with Crippen LogP contribution in [0.4, 0.5) is 10.1 Å². The Morgan fingerprint density at radius 1 is 1.17 bits per heavy atom. The summed E-state index contributed by atoms with van der Waals surface area (Å²) in [4.78, 5) is 0. The molecular weight excluding hydrogens is 295 g/mol. The van der Waals surface area contributed by atoms with Gasteiger partial charge in [-0.2, -0.15) is 0 Å². The van der Waals surface area contributed by atoms with E-state index in [0.29, 0.717) is 6.54 Å². The van der Waals surface area contributed by atoms with E-state index in [-0.39, 0.29) is 11.9 Å². The standard InChI is InChI=1S/C14H14BrFN2/c15-11-4-1-3-10(7-11)14(9-17)18-13-6-2-5-12(16)8-13/h1-8,14,18H,9,17H2. The molecule has 0 bridgehead atoms. The molecule has 2 rings (SSSR count). The number of hydrogen-bond donors (Lipinski definition) is 2. The van der Waals surface area contributed by atoms with Gasteiger partial charge in [-0.15, -0.1) is 0 Å². The number of benzene rings is 2. The molecule has 94 valence electrons. The molecule has 0 saturated carbocycles. The number of nitrogens with one attached hydrogen (secondary N) is 1. The Morgan fingerprint density at radius 3 is 2.61 bits per heavy atom. The normalized spacial score (nSPS) is 12.2. The highest BCUT2D eigenvalue weighted by molar-refractivity contribution is 9.10. The number of anilines is 1. The minimum Gasteiger partial charge on any atom is -0.377 e. The molecule has 0 fully saturated rings. The summed E-state index contributed by atoms with van der Waals surface area (Å²) in [7, 11) is 0. The van der Waals surface area contributed by atoms with Gasteiger partial charge < -0.3 is 11.1 Å². The van der Waals surface area contributed by atoms with E-state index in [1.54, 1.807) is 6.07 Å². The van der Waals surface area contributed by atoms with Crippen molar-refractivity contribution in [2.75, 3.05) is 11.9 Å². The molecule has 0 aliphatic heterocycles. The first kappa shape index (κ1) is 13.1. The average Bonchev–Trinajstić information content (AvgIpc) is 2.36. The van der Waals surface area contributed by atoms with Gasteiger partial charge in [-0.1, -0.05) is 34.1 Å². The highest BCUT2D eigenvalue weighted by Gasteiger charge is 2.09. The van der Waals surface area contributed by atoms with E-state index in [9.17, 15) is 4.39 Å². The summed E-state index contributed by atoms with van der Waals surface area (Å²) >= 11 is 3.43. The Labute approximate surface area is 114 Å². The van der Waals surface area contributed by atoms with Gasteiger partial charge in [-0.05, 0) is 35.9 Å². The molecule has 0 spiro atoms. The van der Waals surface area contributed by atoms with Crippen molar-refractivity contribution in [1.29, 1.82) is 0 Å². The Balaban J connectivity index is 2.19. The molecule has 3 N–H and O–H groups in total. The van der Waals surface area contributed by atoms with Crippen molar-refractivity contribution in [3.63, 3.8) is 0 Å². The molecule has 18 heavy (non-hydrogen) atoms. The molecule has 2 nitrogen and oxygen atoms in total. The van der Waals surface area contributed by atoms with Crippen LogP contribution in [0.2, 0.25) is 0 Å².